The van der Waals surface area contributed by atoms with Gasteiger partial charge in [0.2, 0.25) is 0 Å². The first-order valence-electron chi connectivity index (χ1n) is 5.73. The van der Waals surface area contributed by atoms with E-state index in [9.17, 15) is 18.0 Å². The molecule has 5 nitrogen and oxygen atoms in total. The zero-order chi connectivity index (χ0) is 15.3. The van der Waals surface area contributed by atoms with Crippen molar-refractivity contribution in [3.8, 4) is 0 Å². The molecule has 0 aliphatic heterocycles. The molecule has 8 heteroatoms. The van der Waals surface area contributed by atoms with E-state index in [1.54, 1.807) is 18.3 Å². The number of alkyl halides is 3. The molecule has 0 saturated carbocycles. The molecule has 1 amide bonds. The van der Waals surface area contributed by atoms with E-state index < -0.39 is 23.2 Å². The molecule has 0 unspecified atom stereocenters. The Morgan fingerprint density at radius 2 is 1.95 bits per heavy atom. The molecule has 0 fully saturated rings. The van der Waals surface area contributed by atoms with Crippen molar-refractivity contribution in [3.63, 3.8) is 0 Å². The van der Waals surface area contributed by atoms with E-state index in [1.807, 2.05) is 5.43 Å². The minimum absolute atomic E-state index is 0.590. The molecule has 0 atom stereocenters. The summed E-state index contributed by atoms with van der Waals surface area (Å²) in [6, 6.07) is 4.07. The van der Waals surface area contributed by atoms with Crippen LogP contribution in [-0.2, 0) is 6.18 Å². The molecule has 108 valence electrons. The first-order chi connectivity index (χ1) is 9.98. The Hall–Kier alpha value is -2.77. The molecule has 2 heterocycles. The number of amides is 1. The fraction of sp³-hybridized carbons (Fsp3) is 0.0769. The molecular weight excluding hydrogens is 285 g/mol. The minimum atomic E-state index is -4.64. The van der Waals surface area contributed by atoms with Crippen molar-refractivity contribution in [1.29, 1.82) is 0 Å². The van der Waals surface area contributed by atoms with Crippen molar-refractivity contribution in [2.24, 2.45) is 5.10 Å². The Kier molecular flexibility index (Phi) is 4.27. The Bertz CT molecular complexity index is 656. The van der Waals surface area contributed by atoms with Crippen LogP contribution in [0.25, 0.3) is 0 Å². The second-order valence-electron chi connectivity index (χ2n) is 3.90. The highest BCUT2D eigenvalue weighted by molar-refractivity contribution is 5.96. The smallest absolute Gasteiger partial charge is 0.267 e. The van der Waals surface area contributed by atoms with Gasteiger partial charge in [0, 0.05) is 30.4 Å². The Labute approximate surface area is 117 Å². The summed E-state index contributed by atoms with van der Waals surface area (Å²) in [4.78, 5) is 19.1. The second-order valence-corrected chi connectivity index (χ2v) is 3.90. The van der Waals surface area contributed by atoms with E-state index in [0.717, 1.165) is 18.5 Å². The maximum atomic E-state index is 12.7. The normalized spacial score (nSPS) is 11.6. The largest absolute Gasteiger partial charge is 0.417 e. The average molecular weight is 294 g/mol. The second kappa shape index (κ2) is 6.12. The Morgan fingerprint density at radius 3 is 2.62 bits per heavy atom. The predicted molar refractivity (Wildman–Crippen MR) is 68.5 cm³/mol. The van der Waals surface area contributed by atoms with Gasteiger partial charge in [0.25, 0.3) is 5.91 Å². The zero-order valence-electron chi connectivity index (χ0n) is 10.5. The van der Waals surface area contributed by atoms with Crippen LogP contribution in [0.3, 0.4) is 0 Å². The van der Waals surface area contributed by atoms with Crippen LogP contribution in [0, 0.1) is 0 Å². The summed E-state index contributed by atoms with van der Waals surface area (Å²) in [6.45, 7) is 0. The van der Waals surface area contributed by atoms with Crippen LogP contribution in [0.5, 0.6) is 0 Å². The fourth-order valence-corrected chi connectivity index (χ4v) is 1.50. The zero-order valence-corrected chi connectivity index (χ0v) is 10.5. The summed E-state index contributed by atoms with van der Waals surface area (Å²) in [5.41, 5.74) is 0.967. The van der Waals surface area contributed by atoms with Crippen molar-refractivity contribution >= 4 is 12.1 Å². The molecule has 0 spiro atoms. The molecule has 0 aromatic carbocycles. The third-order valence-corrected chi connectivity index (χ3v) is 2.44. The lowest BCUT2D eigenvalue weighted by molar-refractivity contribution is -0.138. The van der Waals surface area contributed by atoms with Gasteiger partial charge >= 0.3 is 6.18 Å². The highest BCUT2D eigenvalue weighted by Gasteiger charge is 2.35. The monoisotopic (exact) mass is 294 g/mol. The lowest BCUT2D eigenvalue weighted by Crippen LogP contribution is -2.22. The number of carbonyl (C=O) groups is 1. The standard InChI is InChI=1S/C13H9F3N4O/c14-13(15,16)11-3-5-18-8-10(11)12(21)20-19-7-9-2-1-4-17-6-9/h1-8H,(H,20,21). The maximum absolute atomic E-state index is 12.7. The van der Waals surface area contributed by atoms with Crippen molar-refractivity contribution in [1.82, 2.24) is 15.4 Å². The Balaban J connectivity index is 2.13. The van der Waals surface area contributed by atoms with Gasteiger partial charge in [-0.25, -0.2) is 5.43 Å². The number of nitrogens with zero attached hydrogens (tertiary/aromatic N) is 3. The number of hydrazone groups is 1. The van der Waals surface area contributed by atoms with E-state index in [0.29, 0.717) is 5.56 Å². The number of nitrogens with one attached hydrogen (secondary N) is 1. The van der Waals surface area contributed by atoms with E-state index >= 15 is 0 Å². The number of carbonyl (C=O) groups excluding carboxylic acids is 1. The van der Waals surface area contributed by atoms with Crippen molar-refractivity contribution in [3.05, 3.63) is 59.7 Å². The summed E-state index contributed by atoms with van der Waals surface area (Å²) in [5, 5.41) is 3.58. The molecule has 0 saturated heterocycles. The minimum Gasteiger partial charge on any atom is -0.267 e. The molecule has 2 aromatic heterocycles. The van der Waals surface area contributed by atoms with Gasteiger partial charge in [-0.15, -0.1) is 0 Å². The summed E-state index contributed by atoms with van der Waals surface area (Å²) in [7, 11) is 0. The molecule has 0 aliphatic rings. The summed E-state index contributed by atoms with van der Waals surface area (Å²) in [6.07, 6.45) is 1.50. The van der Waals surface area contributed by atoms with Gasteiger partial charge in [0.1, 0.15) is 0 Å². The summed E-state index contributed by atoms with van der Waals surface area (Å²) in [5.74, 6) is -0.990. The van der Waals surface area contributed by atoms with Gasteiger partial charge in [0.15, 0.2) is 0 Å². The van der Waals surface area contributed by atoms with Gasteiger partial charge in [-0.3, -0.25) is 14.8 Å². The van der Waals surface area contributed by atoms with Crippen LogP contribution in [-0.4, -0.2) is 22.1 Å². The predicted octanol–water partition coefficient (Wildman–Crippen LogP) is 2.26. The molecule has 1 N–H and O–H groups in total. The molecule has 2 aromatic rings. The third kappa shape index (κ3) is 3.85. The van der Waals surface area contributed by atoms with Crippen molar-refractivity contribution < 1.29 is 18.0 Å². The van der Waals surface area contributed by atoms with Gasteiger partial charge in [-0.2, -0.15) is 18.3 Å². The van der Waals surface area contributed by atoms with E-state index in [2.05, 4.69) is 15.1 Å². The molecule has 2 rings (SSSR count). The number of halogens is 3. The fourth-order valence-electron chi connectivity index (χ4n) is 1.50. The highest BCUT2D eigenvalue weighted by Crippen LogP contribution is 2.31. The van der Waals surface area contributed by atoms with Crippen LogP contribution in [0.15, 0.2) is 48.1 Å². The summed E-state index contributed by atoms with van der Waals surface area (Å²) >= 11 is 0. The molecule has 0 bridgehead atoms. The van der Waals surface area contributed by atoms with Crippen LogP contribution < -0.4 is 5.43 Å². The lowest BCUT2D eigenvalue weighted by Gasteiger charge is -2.10. The van der Waals surface area contributed by atoms with Crippen LogP contribution >= 0.6 is 0 Å². The number of rotatable bonds is 3. The molecule has 0 aliphatic carbocycles. The van der Waals surface area contributed by atoms with Crippen LogP contribution in [0.2, 0.25) is 0 Å². The van der Waals surface area contributed by atoms with Crippen LogP contribution in [0.1, 0.15) is 21.5 Å². The topological polar surface area (TPSA) is 67.2 Å². The number of hydrogen-bond acceptors (Lipinski definition) is 4. The van der Waals surface area contributed by atoms with Crippen molar-refractivity contribution in [2.75, 3.05) is 0 Å². The van der Waals surface area contributed by atoms with Gasteiger partial charge in [-0.05, 0) is 12.1 Å². The van der Waals surface area contributed by atoms with Crippen LogP contribution in [0.4, 0.5) is 13.2 Å². The number of aromatic nitrogens is 2. The third-order valence-electron chi connectivity index (χ3n) is 2.44. The molecular formula is C13H9F3N4O. The summed E-state index contributed by atoms with van der Waals surface area (Å²) < 4.78 is 38.2. The molecule has 21 heavy (non-hydrogen) atoms. The van der Waals surface area contributed by atoms with E-state index in [1.165, 1.54) is 12.4 Å². The Morgan fingerprint density at radius 1 is 1.19 bits per heavy atom. The van der Waals surface area contributed by atoms with Gasteiger partial charge in [0.05, 0.1) is 17.3 Å². The molecule has 0 radical (unpaired) electrons. The number of pyridine rings is 2. The van der Waals surface area contributed by atoms with Gasteiger partial charge in [-0.1, -0.05) is 6.07 Å². The van der Waals surface area contributed by atoms with Crippen molar-refractivity contribution in [2.45, 2.75) is 6.18 Å². The van der Waals surface area contributed by atoms with E-state index in [4.69, 9.17) is 0 Å². The first kappa shape index (κ1) is 14.6. The lowest BCUT2D eigenvalue weighted by atomic mass is 10.1. The quantitative estimate of drug-likeness (QED) is 0.697. The SMILES string of the molecule is O=C(NN=Cc1cccnc1)c1cnccc1C(F)(F)F. The highest BCUT2D eigenvalue weighted by atomic mass is 19.4. The van der Waals surface area contributed by atoms with E-state index in [-0.39, 0.29) is 0 Å². The first-order valence-corrected chi connectivity index (χ1v) is 5.73. The maximum Gasteiger partial charge on any atom is 0.417 e. The average Bonchev–Trinajstić information content (AvgIpc) is 2.47. The van der Waals surface area contributed by atoms with Gasteiger partial charge < -0.3 is 0 Å². The number of hydrogen-bond donors (Lipinski definition) is 1.